The Hall–Kier alpha value is -1.67. The Kier molecular flexibility index (Phi) is 4.20. The summed E-state index contributed by atoms with van der Waals surface area (Å²) in [7, 11) is -3.84. The Labute approximate surface area is 123 Å². The van der Waals surface area contributed by atoms with Crippen molar-refractivity contribution in [2.45, 2.75) is 30.7 Å². The Morgan fingerprint density at radius 2 is 2.05 bits per heavy atom. The van der Waals surface area contributed by atoms with Gasteiger partial charge in [-0.15, -0.1) is 0 Å². The molecule has 1 fully saturated rings. The molecule has 0 radical (unpaired) electrons. The molecule has 2 unspecified atom stereocenters. The molecule has 21 heavy (non-hydrogen) atoms. The topological polar surface area (TPSA) is 106 Å². The minimum absolute atomic E-state index is 0.0378. The van der Waals surface area contributed by atoms with Crippen molar-refractivity contribution in [3.8, 4) is 0 Å². The van der Waals surface area contributed by atoms with Gasteiger partial charge in [-0.3, -0.25) is 4.79 Å². The average molecular weight is 315 g/mol. The van der Waals surface area contributed by atoms with Gasteiger partial charge in [-0.25, -0.2) is 12.8 Å². The summed E-state index contributed by atoms with van der Waals surface area (Å²) in [4.78, 5) is 11.2. The summed E-state index contributed by atoms with van der Waals surface area (Å²) in [5, 5.41) is 0. The highest BCUT2D eigenvalue weighted by Gasteiger charge is 2.36. The van der Waals surface area contributed by atoms with Crippen LogP contribution in [0.25, 0.3) is 0 Å². The lowest BCUT2D eigenvalue weighted by Gasteiger charge is -2.35. The van der Waals surface area contributed by atoms with Crippen LogP contribution in [-0.4, -0.2) is 31.2 Å². The monoisotopic (exact) mass is 315 g/mol. The van der Waals surface area contributed by atoms with Crippen molar-refractivity contribution in [1.82, 2.24) is 4.31 Å². The second kappa shape index (κ2) is 5.61. The summed E-state index contributed by atoms with van der Waals surface area (Å²) in [5.74, 6) is -1.69. The molecule has 1 aliphatic rings. The van der Waals surface area contributed by atoms with Gasteiger partial charge in [0.2, 0.25) is 15.9 Å². The number of piperidine rings is 1. The van der Waals surface area contributed by atoms with Crippen molar-refractivity contribution in [1.29, 1.82) is 0 Å². The summed E-state index contributed by atoms with van der Waals surface area (Å²) >= 11 is 0. The van der Waals surface area contributed by atoms with Crippen LogP contribution >= 0.6 is 0 Å². The van der Waals surface area contributed by atoms with Crippen LogP contribution in [0.4, 0.5) is 10.1 Å². The van der Waals surface area contributed by atoms with E-state index in [1.807, 2.05) is 0 Å². The first kappa shape index (κ1) is 15.7. The highest BCUT2D eigenvalue weighted by molar-refractivity contribution is 7.89. The van der Waals surface area contributed by atoms with Crippen LogP contribution in [0, 0.1) is 11.7 Å². The largest absolute Gasteiger partial charge is 0.396 e. The number of anilines is 1. The zero-order valence-electron chi connectivity index (χ0n) is 11.6. The molecule has 1 saturated heterocycles. The van der Waals surface area contributed by atoms with E-state index in [0.717, 1.165) is 12.1 Å². The lowest BCUT2D eigenvalue weighted by molar-refractivity contribution is -0.123. The first-order valence-electron chi connectivity index (χ1n) is 6.59. The van der Waals surface area contributed by atoms with E-state index < -0.39 is 27.7 Å². The summed E-state index contributed by atoms with van der Waals surface area (Å²) in [5.41, 5.74) is 10.5. The van der Waals surface area contributed by atoms with Gasteiger partial charge >= 0.3 is 0 Å². The second-order valence-electron chi connectivity index (χ2n) is 5.28. The van der Waals surface area contributed by atoms with Crippen molar-refractivity contribution in [2.24, 2.45) is 11.7 Å². The third kappa shape index (κ3) is 3.01. The van der Waals surface area contributed by atoms with Gasteiger partial charge in [-0.1, -0.05) is 0 Å². The van der Waals surface area contributed by atoms with E-state index in [0.29, 0.717) is 12.8 Å². The Morgan fingerprint density at radius 3 is 2.62 bits per heavy atom. The minimum atomic E-state index is -3.84. The maximum Gasteiger partial charge on any atom is 0.243 e. The fourth-order valence-electron chi connectivity index (χ4n) is 2.46. The van der Waals surface area contributed by atoms with E-state index in [1.54, 1.807) is 6.92 Å². The molecule has 4 N–H and O–H groups in total. The predicted molar refractivity (Wildman–Crippen MR) is 76.1 cm³/mol. The van der Waals surface area contributed by atoms with E-state index >= 15 is 0 Å². The van der Waals surface area contributed by atoms with Crippen LogP contribution < -0.4 is 11.5 Å². The average Bonchev–Trinajstić information content (AvgIpc) is 2.41. The Bertz CT molecular complexity index is 663. The van der Waals surface area contributed by atoms with Crippen LogP contribution in [0.2, 0.25) is 0 Å². The van der Waals surface area contributed by atoms with Crippen LogP contribution in [0.5, 0.6) is 0 Å². The molecule has 2 rings (SSSR count). The van der Waals surface area contributed by atoms with Crippen LogP contribution in [0.15, 0.2) is 23.1 Å². The fourth-order valence-corrected chi connectivity index (χ4v) is 4.20. The maximum atomic E-state index is 13.2. The fraction of sp³-hybridized carbons (Fsp3) is 0.462. The number of carbonyl (C=O) groups is 1. The lowest BCUT2D eigenvalue weighted by Crippen LogP contribution is -2.48. The molecule has 1 aliphatic heterocycles. The molecular weight excluding hydrogens is 297 g/mol. The SMILES string of the molecule is CC1CCC(C(N)=O)CN1S(=O)(=O)c1ccc(F)c(N)c1. The molecule has 2 atom stereocenters. The molecule has 1 aromatic carbocycles. The van der Waals surface area contributed by atoms with E-state index in [4.69, 9.17) is 11.5 Å². The lowest BCUT2D eigenvalue weighted by atomic mass is 9.95. The number of nitrogens with zero attached hydrogens (tertiary/aromatic N) is 1. The minimum Gasteiger partial charge on any atom is -0.396 e. The highest BCUT2D eigenvalue weighted by Crippen LogP contribution is 2.29. The van der Waals surface area contributed by atoms with E-state index in [-0.39, 0.29) is 23.2 Å². The molecule has 0 spiro atoms. The molecule has 0 bridgehead atoms. The van der Waals surface area contributed by atoms with Crippen molar-refractivity contribution in [3.63, 3.8) is 0 Å². The number of amides is 1. The Balaban J connectivity index is 2.36. The van der Waals surface area contributed by atoms with Crippen molar-refractivity contribution < 1.29 is 17.6 Å². The van der Waals surface area contributed by atoms with E-state index in [9.17, 15) is 17.6 Å². The molecule has 0 saturated carbocycles. The highest BCUT2D eigenvalue weighted by atomic mass is 32.2. The number of halogens is 1. The molecule has 0 aromatic heterocycles. The number of nitrogen functional groups attached to an aromatic ring is 1. The third-order valence-electron chi connectivity index (χ3n) is 3.80. The summed E-state index contributed by atoms with van der Waals surface area (Å²) in [6, 6.07) is 3.02. The van der Waals surface area contributed by atoms with Gasteiger partial charge < -0.3 is 11.5 Å². The van der Waals surface area contributed by atoms with Crippen LogP contribution in [-0.2, 0) is 14.8 Å². The first-order valence-corrected chi connectivity index (χ1v) is 8.03. The van der Waals surface area contributed by atoms with Gasteiger partial charge in [0.25, 0.3) is 0 Å². The van der Waals surface area contributed by atoms with Gasteiger partial charge in [0, 0.05) is 12.6 Å². The molecule has 116 valence electrons. The number of primary amides is 1. The Morgan fingerprint density at radius 1 is 1.38 bits per heavy atom. The quantitative estimate of drug-likeness (QED) is 0.800. The van der Waals surface area contributed by atoms with Gasteiger partial charge in [-0.05, 0) is 38.0 Å². The smallest absolute Gasteiger partial charge is 0.243 e. The number of benzene rings is 1. The molecule has 1 heterocycles. The third-order valence-corrected chi connectivity index (χ3v) is 5.78. The summed E-state index contributed by atoms with van der Waals surface area (Å²) in [6.45, 7) is 1.80. The number of carbonyl (C=O) groups excluding carboxylic acids is 1. The van der Waals surface area contributed by atoms with E-state index in [1.165, 1.54) is 10.4 Å². The van der Waals surface area contributed by atoms with Gasteiger partial charge in [0.1, 0.15) is 5.82 Å². The number of hydrogen-bond donors (Lipinski definition) is 2. The molecule has 8 heteroatoms. The zero-order chi connectivity index (χ0) is 15.8. The first-order chi connectivity index (χ1) is 9.73. The summed E-state index contributed by atoms with van der Waals surface area (Å²) < 4.78 is 39.7. The molecular formula is C13H18FN3O3S. The number of rotatable bonds is 3. The number of sulfonamides is 1. The summed E-state index contributed by atoms with van der Waals surface area (Å²) in [6.07, 6.45) is 1.11. The molecule has 1 amide bonds. The maximum absolute atomic E-state index is 13.2. The second-order valence-corrected chi connectivity index (χ2v) is 7.17. The predicted octanol–water partition coefficient (Wildman–Crippen LogP) is 0.682. The van der Waals surface area contributed by atoms with E-state index in [2.05, 4.69) is 0 Å². The molecule has 6 nitrogen and oxygen atoms in total. The molecule has 0 aliphatic carbocycles. The van der Waals surface area contributed by atoms with Gasteiger partial charge in [0.15, 0.2) is 0 Å². The molecule has 1 aromatic rings. The standard InChI is InChI=1S/C13H18FN3O3S/c1-8-2-3-9(13(16)18)7-17(8)21(19,20)10-4-5-11(14)12(15)6-10/h4-6,8-9H,2-3,7,15H2,1H3,(H2,16,18). The van der Waals surface area contributed by atoms with Crippen molar-refractivity contribution in [2.75, 3.05) is 12.3 Å². The zero-order valence-corrected chi connectivity index (χ0v) is 12.4. The van der Waals surface area contributed by atoms with Crippen LogP contribution in [0.1, 0.15) is 19.8 Å². The van der Waals surface area contributed by atoms with Crippen molar-refractivity contribution >= 4 is 21.6 Å². The number of nitrogens with two attached hydrogens (primary N) is 2. The van der Waals surface area contributed by atoms with Crippen LogP contribution in [0.3, 0.4) is 0 Å². The van der Waals surface area contributed by atoms with Gasteiger partial charge in [-0.2, -0.15) is 4.31 Å². The number of hydrogen-bond acceptors (Lipinski definition) is 4. The van der Waals surface area contributed by atoms with Gasteiger partial charge in [0.05, 0.1) is 16.5 Å². The van der Waals surface area contributed by atoms with Crippen molar-refractivity contribution in [3.05, 3.63) is 24.0 Å². The normalized spacial score (nSPS) is 23.9.